The van der Waals surface area contributed by atoms with E-state index in [9.17, 15) is 4.79 Å². The molecule has 0 amide bonds. The molecule has 0 aliphatic heterocycles. The lowest BCUT2D eigenvalue weighted by Crippen LogP contribution is -2.01. The Bertz CT molecular complexity index is 585. The molecule has 0 fully saturated rings. The molecule has 2 rings (SSSR count). The molecule has 0 spiro atoms. The van der Waals surface area contributed by atoms with Crippen molar-refractivity contribution in [3.63, 3.8) is 0 Å². The van der Waals surface area contributed by atoms with E-state index in [1.807, 2.05) is 19.1 Å². The minimum Gasteiger partial charge on any atom is -0.481 e. The van der Waals surface area contributed by atoms with Crippen molar-refractivity contribution in [3.05, 3.63) is 41.2 Å². The van der Waals surface area contributed by atoms with E-state index in [0.717, 1.165) is 23.5 Å². The molecule has 0 radical (unpaired) electrons. The normalized spacial score (nSPS) is 10.7. The van der Waals surface area contributed by atoms with E-state index in [4.69, 9.17) is 5.11 Å². The van der Waals surface area contributed by atoms with Gasteiger partial charge in [0.25, 0.3) is 0 Å². The van der Waals surface area contributed by atoms with Crippen molar-refractivity contribution in [3.8, 4) is 11.4 Å². The number of unbranched alkanes of at least 4 members (excludes halogenated alkanes) is 1. The summed E-state index contributed by atoms with van der Waals surface area (Å²) in [4.78, 5) is 18.3. The van der Waals surface area contributed by atoms with Crippen LogP contribution in [0.15, 0.2) is 24.3 Å². The lowest BCUT2D eigenvalue weighted by Gasteiger charge is -2.01. The van der Waals surface area contributed by atoms with Gasteiger partial charge in [-0.3, -0.25) is 4.79 Å². The number of imidazole rings is 1. The largest absolute Gasteiger partial charge is 0.481 e. The predicted octanol–water partition coefficient (Wildman–Crippen LogP) is 3.35. The van der Waals surface area contributed by atoms with Crippen molar-refractivity contribution in [1.82, 2.24) is 9.97 Å². The molecule has 4 nitrogen and oxygen atoms in total. The zero-order valence-electron chi connectivity index (χ0n) is 11.9. The molecule has 0 unspecified atom stereocenters. The van der Waals surface area contributed by atoms with Gasteiger partial charge in [-0.15, -0.1) is 0 Å². The number of carboxylic acids is 1. The molecule has 20 heavy (non-hydrogen) atoms. The first-order valence-corrected chi connectivity index (χ1v) is 6.96. The molecule has 4 heteroatoms. The molecule has 1 aromatic heterocycles. The van der Waals surface area contributed by atoms with Crippen molar-refractivity contribution in [2.45, 2.75) is 39.5 Å². The van der Waals surface area contributed by atoms with Crippen LogP contribution in [0.3, 0.4) is 0 Å². The number of aromatic nitrogens is 2. The number of hydrogen-bond acceptors (Lipinski definition) is 2. The van der Waals surface area contributed by atoms with Crippen LogP contribution in [-0.2, 0) is 17.6 Å². The van der Waals surface area contributed by atoms with Gasteiger partial charge in [-0.05, 0) is 25.3 Å². The highest BCUT2D eigenvalue weighted by molar-refractivity contribution is 5.70. The monoisotopic (exact) mass is 272 g/mol. The summed E-state index contributed by atoms with van der Waals surface area (Å²) < 4.78 is 0. The van der Waals surface area contributed by atoms with Gasteiger partial charge >= 0.3 is 5.97 Å². The van der Waals surface area contributed by atoms with E-state index in [0.29, 0.717) is 5.69 Å². The fourth-order valence-electron chi connectivity index (χ4n) is 2.16. The molecule has 0 aliphatic carbocycles. The maximum atomic E-state index is 10.8. The Kier molecular flexibility index (Phi) is 4.56. The molecule has 0 bridgehead atoms. The highest BCUT2D eigenvalue weighted by atomic mass is 16.4. The number of benzene rings is 1. The Balaban J connectivity index is 2.17. The number of aryl methyl sites for hydroxylation is 2. The SMILES string of the molecule is CCCCc1ccc(-c2nc(CC(=O)O)c(C)[nH]2)cc1. The fourth-order valence-corrected chi connectivity index (χ4v) is 2.16. The van der Waals surface area contributed by atoms with Crippen LogP contribution < -0.4 is 0 Å². The van der Waals surface area contributed by atoms with Crippen LogP contribution in [0, 0.1) is 6.92 Å². The van der Waals surface area contributed by atoms with E-state index < -0.39 is 5.97 Å². The Morgan fingerprint density at radius 1 is 1.30 bits per heavy atom. The van der Waals surface area contributed by atoms with E-state index in [1.165, 1.54) is 18.4 Å². The summed E-state index contributed by atoms with van der Waals surface area (Å²) >= 11 is 0. The number of aliphatic carboxylic acids is 1. The highest BCUT2D eigenvalue weighted by Gasteiger charge is 2.11. The first kappa shape index (κ1) is 14.3. The summed E-state index contributed by atoms with van der Waals surface area (Å²) in [6.45, 7) is 4.04. The second-order valence-electron chi connectivity index (χ2n) is 5.03. The summed E-state index contributed by atoms with van der Waals surface area (Å²) in [7, 11) is 0. The average Bonchev–Trinajstić information content (AvgIpc) is 2.78. The van der Waals surface area contributed by atoms with Gasteiger partial charge in [-0.1, -0.05) is 37.6 Å². The molecule has 0 saturated heterocycles. The first-order valence-electron chi connectivity index (χ1n) is 6.96. The third kappa shape index (κ3) is 3.47. The third-order valence-corrected chi connectivity index (χ3v) is 3.35. The number of nitrogens with zero attached hydrogens (tertiary/aromatic N) is 1. The van der Waals surface area contributed by atoms with Gasteiger partial charge in [0.05, 0.1) is 12.1 Å². The molecule has 106 valence electrons. The number of carboxylic acid groups (broad SMARTS) is 1. The van der Waals surface area contributed by atoms with Crippen LogP contribution in [0.2, 0.25) is 0 Å². The maximum absolute atomic E-state index is 10.8. The number of H-pyrrole nitrogens is 1. The number of nitrogens with one attached hydrogen (secondary N) is 1. The van der Waals surface area contributed by atoms with E-state index >= 15 is 0 Å². The average molecular weight is 272 g/mol. The van der Waals surface area contributed by atoms with Gasteiger partial charge in [0.1, 0.15) is 5.82 Å². The van der Waals surface area contributed by atoms with Crippen molar-refractivity contribution in [2.24, 2.45) is 0 Å². The quantitative estimate of drug-likeness (QED) is 0.847. The smallest absolute Gasteiger partial charge is 0.309 e. The minimum atomic E-state index is -0.860. The van der Waals surface area contributed by atoms with Crippen molar-refractivity contribution >= 4 is 5.97 Å². The summed E-state index contributed by atoms with van der Waals surface area (Å²) in [5, 5.41) is 8.84. The van der Waals surface area contributed by atoms with Crippen molar-refractivity contribution in [1.29, 1.82) is 0 Å². The lowest BCUT2D eigenvalue weighted by atomic mass is 10.1. The van der Waals surface area contributed by atoms with Gasteiger partial charge in [-0.2, -0.15) is 0 Å². The van der Waals surface area contributed by atoms with E-state index in [2.05, 4.69) is 29.0 Å². The zero-order chi connectivity index (χ0) is 14.5. The topological polar surface area (TPSA) is 66.0 Å². The summed E-state index contributed by atoms with van der Waals surface area (Å²) in [5.41, 5.74) is 3.73. The second kappa shape index (κ2) is 6.37. The molecule has 1 heterocycles. The molecule has 0 atom stereocenters. The van der Waals surface area contributed by atoms with Crippen LogP contribution >= 0.6 is 0 Å². The van der Waals surface area contributed by atoms with Crippen LogP contribution in [0.1, 0.15) is 36.7 Å². The second-order valence-corrected chi connectivity index (χ2v) is 5.03. The molecular weight excluding hydrogens is 252 g/mol. The molecule has 2 aromatic rings. The van der Waals surface area contributed by atoms with Crippen LogP contribution in [0.5, 0.6) is 0 Å². The number of aromatic amines is 1. The summed E-state index contributed by atoms with van der Waals surface area (Å²) in [6.07, 6.45) is 3.44. The highest BCUT2D eigenvalue weighted by Crippen LogP contribution is 2.19. The van der Waals surface area contributed by atoms with E-state index in [1.54, 1.807) is 0 Å². The van der Waals surface area contributed by atoms with Crippen LogP contribution in [0.4, 0.5) is 0 Å². The maximum Gasteiger partial charge on any atom is 0.309 e. The Morgan fingerprint density at radius 3 is 2.60 bits per heavy atom. The Labute approximate surface area is 118 Å². The molecule has 0 aliphatic rings. The van der Waals surface area contributed by atoms with Gasteiger partial charge in [0.2, 0.25) is 0 Å². The Hall–Kier alpha value is -2.10. The third-order valence-electron chi connectivity index (χ3n) is 3.35. The lowest BCUT2D eigenvalue weighted by molar-refractivity contribution is -0.136. The molecule has 1 aromatic carbocycles. The fraction of sp³-hybridized carbons (Fsp3) is 0.375. The summed E-state index contributed by atoms with van der Waals surface area (Å²) in [6, 6.07) is 8.29. The standard InChI is InChI=1S/C16H20N2O2/c1-3-4-5-12-6-8-13(9-7-12)16-17-11(2)14(18-16)10-15(19)20/h6-9H,3-5,10H2,1-2H3,(H,17,18)(H,19,20). The van der Waals surface area contributed by atoms with E-state index in [-0.39, 0.29) is 6.42 Å². The molecule has 0 saturated carbocycles. The summed E-state index contributed by atoms with van der Waals surface area (Å²) in [5.74, 6) is -0.123. The van der Waals surface area contributed by atoms with Gasteiger partial charge < -0.3 is 10.1 Å². The Morgan fingerprint density at radius 2 is 2.00 bits per heavy atom. The number of carbonyl (C=O) groups is 1. The van der Waals surface area contributed by atoms with Crippen molar-refractivity contribution in [2.75, 3.05) is 0 Å². The first-order chi connectivity index (χ1) is 9.60. The van der Waals surface area contributed by atoms with Crippen molar-refractivity contribution < 1.29 is 9.90 Å². The predicted molar refractivity (Wildman–Crippen MR) is 78.7 cm³/mol. The minimum absolute atomic E-state index is 0.0447. The number of hydrogen-bond donors (Lipinski definition) is 2. The molecule has 2 N–H and O–H groups in total. The van der Waals surface area contributed by atoms with Crippen LogP contribution in [-0.4, -0.2) is 21.0 Å². The van der Waals surface area contributed by atoms with Crippen LogP contribution in [0.25, 0.3) is 11.4 Å². The van der Waals surface area contributed by atoms with Gasteiger partial charge in [-0.25, -0.2) is 4.98 Å². The number of rotatable bonds is 6. The van der Waals surface area contributed by atoms with Gasteiger partial charge in [0.15, 0.2) is 0 Å². The molecular formula is C16H20N2O2. The van der Waals surface area contributed by atoms with Gasteiger partial charge in [0, 0.05) is 11.3 Å². The zero-order valence-corrected chi connectivity index (χ0v) is 11.9.